The molecule has 2 aromatic heterocycles. The highest BCUT2D eigenvalue weighted by molar-refractivity contribution is 7.71. The molecule has 2 aromatic carbocycles. The van der Waals surface area contributed by atoms with E-state index in [4.69, 9.17) is 22.1 Å². The molecule has 1 aliphatic rings. The Morgan fingerprint density at radius 3 is 2.45 bits per heavy atom. The van der Waals surface area contributed by atoms with Gasteiger partial charge in [-0.3, -0.25) is 14.5 Å². The number of hydrogen-bond donors (Lipinski definition) is 0. The summed E-state index contributed by atoms with van der Waals surface area (Å²) in [5.41, 5.74) is 4.74. The van der Waals surface area contributed by atoms with Crippen LogP contribution in [0.2, 0.25) is 0 Å². The van der Waals surface area contributed by atoms with Crippen molar-refractivity contribution in [3.05, 3.63) is 89.0 Å². The second kappa shape index (κ2) is 8.45. The van der Waals surface area contributed by atoms with E-state index in [1.807, 2.05) is 45.6 Å². The minimum absolute atomic E-state index is 0.647. The first-order valence-corrected chi connectivity index (χ1v) is 10.7. The first-order valence-electron chi connectivity index (χ1n) is 10.3. The molecule has 0 saturated heterocycles. The number of benzene rings is 2. The van der Waals surface area contributed by atoms with Crippen LogP contribution < -0.4 is 4.74 Å². The zero-order chi connectivity index (χ0) is 21.2. The van der Waals surface area contributed by atoms with Crippen LogP contribution in [-0.2, 0) is 19.6 Å². The van der Waals surface area contributed by atoms with Crippen molar-refractivity contribution in [3.63, 3.8) is 0 Å². The molecule has 0 N–H and O–H groups in total. The Morgan fingerprint density at radius 1 is 0.968 bits per heavy atom. The molecule has 7 heteroatoms. The van der Waals surface area contributed by atoms with Crippen LogP contribution in [0.15, 0.2) is 73.1 Å². The summed E-state index contributed by atoms with van der Waals surface area (Å²) in [6, 6.07) is 20.4. The van der Waals surface area contributed by atoms with Crippen molar-refractivity contribution in [2.24, 2.45) is 0 Å². The number of aromatic nitrogens is 4. The summed E-state index contributed by atoms with van der Waals surface area (Å²) in [5, 5.41) is 4.92. The first-order chi connectivity index (χ1) is 15.2. The highest BCUT2D eigenvalue weighted by Gasteiger charge is 2.19. The molecular weight excluding hydrogens is 406 g/mol. The summed E-state index contributed by atoms with van der Waals surface area (Å²) in [6.07, 6.45) is 4.59. The maximum Gasteiger partial charge on any atom is 0.204 e. The van der Waals surface area contributed by atoms with Crippen LogP contribution in [-0.4, -0.2) is 37.9 Å². The topological polar surface area (TPSA) is 48.1 Å². The van der Waals surface area contributed by atoms with Gasteiger partial charge in [0, 0.05) is 31.0 Å². The van der Waals surface area contributed by atoms with Gasteiger partial charge in [0.25, 0.3) is 0 Å². The van der Waals surface area contributed by atoms with Gasteiger partial charge in [0.05, 0.1) is 19.5 Å². The standard InChI is InChI=1S/C24H23N5OS/c1-30-22-8-6-21(7-9-22)29-23(19-10-13-25-14-11-19)26-28(24(29)31)17-27-15-12-18-4-2-3-5-20(18)16-27/h2-11,13-14H,12,15-17H2,1H3. The van der Waals surface area contributed by atoms with Gasteiger partial charge in [0.2, 0.25) is 4.77 Å². The van der Waals surface area contributed by atoms with E-state index >= 15 is 0 Å². The van der Waals surface area contributed by atoms with Crippen molar-refractivity contribution in [1.29, 1.82) is 0 Å². The van der Waals surface area contributed by atoms with Gasteiger partial charge in [-0.05, 0) is 66.2 Å². The lowest BCUT2D eigenvalue weighted by Crippen LogP contribution is -2.32. The van der Waals surface area contributed by atoms with Crippen LogP contribution in [0.3, 0.4) is 0 Å². The summed E-state index contributed by atoms with van der Waals surface area (Å²) >= 11 is 5.89. The molecule has 6 nitrogen and oxygen atoms in total. The average Bonchev–Trinajstić information content (AvgIpc) is 3.15. The number of nitrogens with zero attached hydrogens (tertiary/aromatic N) is 5. The van der Waals surface area contributed by atoms with Gasteiger partial charge < -0.3 is 4.74 Å². The fourth-order valence-corrected chi connectivity index (χ4v) is 4.31. The Hall–Kier alpha value is -3.29. The summed E-state index contributed by atoms with van der Waals surface area (Å²) < 4.78 is 9.91. The lowest BCUT2D eigenvalue weighted by Gasteiger charge is -2.28. The molecule has 0 radical (unpaired) electrons. The van der Waals surface area contributed by atoms with E-state index in [9.17, 15) is 0 Å². The van der Waals surface area contributed by atoms with Crippen LogP contribution in [0.25, 0.3) is 17.1 Å². The van der Waals surface area contributed by atoms with Gasteiger partial charge in [0.15, 0.2) is 5.82 Å². The molecule has 3 heterocycles. The van der Waals surface area contributed by atoms with Crippen molar-refractivity contribution in [2.45, 2.75) is 19.6 Å². The van der Waals surface area contributed by atoms with Crippen molar-refractivity contribution in [1.82, 2.24) is 24.2 Å². The van der Waals surface area contributed by atoms with Crippen LogP contribution >= 0.6 is 12.2 Å². The van der Waals surface area contributed by atoms with Crippen molar-refractivity contribution < 1.29 is 4.74 Å². The Kier molecular flexibility index (Phi) is 5.36. The average molecular weight is 430 g/mol. The lowest BCUT2D eigenvalue weighted by molar-refractivity contribution is 0.188. The van der Waals surface area contributed by atoms with Crippen molar-refractivity contribution in [3.8, 4) is 22.8 Å². The van der Waals surface area contributed by atoms with Gasteiger partial charge in [-0.1, -0.05) is 24.3 Å². The van der Waals surface area contributed by atoms with Crippen molar-refractivity contribution in [2.75, 3.05) is 13.7 Å². The minimum Gasteiger partial charge on any atom is -0.497 e. The highest BCUT2D eigenvalue weighted by atomic mass is 32.1. The predicted octanol–water partition coefficient (Wildman–Crippen LogP) is 4.49. The summed E-state index contributed by atoms with van der Waals surface area (Å²) in [7, 11) is 1.66. The van der Waals surface area contributed by atoms with Crippen LogP contribution in [0.5, 0.6) is 5.75 Å². The monoisotopic (exact) mass is 429 g/mol. The number of ether oxygens (including phenoxy) is 1. The van der Waals surface area contributed by atoms with Crippen LogP contribution in [0.1, 0.15) is 11.1 Å². The molecule has 0 aliphatic carbocycles. The van der Waals surface area contributed by atoms with Gasteiger partial charge >= 0.3 is 0 Å². The van der Waals surface area contributed by atoms with Crippen LogP contribution in [0.4, 0.5) is 0 Å². The summed E-state index contributed by atoms with van der Waals surface area (Å²) in [4.78, 5) is 6.53. The largest absolute Gasteiger partial charge is 0.497 e. The number of hydrogen-bond acceptors (Lipinski definition) is 5. The molecular formula is C24H23N5OS. The van der Waals surface area contributed by atoms with Gasteiger partial charge in [-0.25, -0.2) is 4.68 Å². The Balaban J connectivity index is 1.53. The lowest BCUT2D eigenvalue weighted by atomic mass is 10.0. The molecule has 0 spiro atoms. The molecule has 0 atom stereocenters. The third kappa shape index (κ3) is 3.89. The predicted molar refractivity (Wildman–Crippen MR) is 123 cm³/mol. The smallest absolute Gasteiger partial charge is 0.204 e. The Morgan fingerprint density at radius 2 is 1.71 bits per heavy atom. The second-order valence-electron chi connectivity index (χ2n) is 7.59. The molecule has 0 unspecified atom stereocenters. The summed E-state index contributed by atoms with van der Waals surface area (Å²) in [5.74, 6) is 1.61. The third-order valence-corrected chi connectivity index (χ3v) is 6.05. The second-order valence-corrected chi connectivity index (χ2v) is 7.95. The van der Waals surface area contributed by atoms with E-state index in [-0.39, 0.29) is 0 Å². The molecule has 0 saturated carbocycles. The third-order valence-electron chi connectivity index (χ3n) is 5.65. The molecule has 1 aliphatic heterocycles. The number of fused-ring (bicyclic) bond motifs is 1. The number of rotatable bonds is 5. The minimum atomic E-state index is 0.647. The fraction of sp³-hybridized carbons (Fsp3) is 0.208. The van der Waals surface area contributed by atoms with Gasteiger partial charge in [-0.2, -0.15) is 0 Å². The Bertz CT molecular complexity index is 1250. The normalized spacial score (nSPS) is 13.7. The maximum atomic E-state index is 5.89. The highest BCUT2D eigenvalue weighted by Crippen LogP contribution is 2.25. The van der Waals surface area contributed by atoms with Gasteiger partial charge in [0.1, 0.15) is 5.75 Å². The van der Waals surface area contributed by atoms with Crippen LogP contribution in [0, 0.1) is 4.77 Å². The molecule has 156 valence electrons. The first kappa shape index (κ1) is 19.7. The molecule has 4 aromatic rings. The van der Waals surface area contributed by atoms with Gasteiger partial charge in [-0.15, -0.1) is 5.10 Å². The van der Waals surface area contributed by atoms with E-state index in [1.54, 1.807) is 19.5 Å². The van der Waals surface area contributed by atoms with E-state index in [2.05, 4.69) is 34.1 Å². The SMILES string of the molecule is COc1ccc(-n2c(-c3ccncc3)nn(CN3CCc4ccccc4C3)c2=S)cc1. The number of pyridine rings is 1. The zero-order valence-electron chi connectivity index (χ0n) is 17.3. The molecule has 5 rings (SSSR count). The molecule has 31 heavy (non-hydrogen) atoms. The summed E-state index contributed by atoms with van der Waals surface area (Å²) in [6.45, 7) is 2.53. The maximum absolute atomic E-state index is 5.89. The fourth-order valence-electron chi connectivity index (χ4n) is 4.02. The molecule has 0 fully saturated rings. The zero-order valence-corrected chi connectivity index (χ0v) is 18.1. The van der Waals surface area contributed by atoms with Crippen molar-refractivity contribution >= 4 is 12.2 Å². The quantitative estimate of drug-likeness (QED) is 0.438. The molecule has 0 bridgehead atoms. The van der Waals surface area contributed by atoms with E-state index in [0.717, 1.165) is 42.3 Å². The van der Waals surface area contributed by atoms with E-state index < -0.39 is 0 Å². The number of methoxy groups -OCH3 is 1. The van der Waals surface area contributed by atoms with E-state index in [1.165, 1.54) is 11.1 Å². The molecule has 0 amide bonds. The Labute approximate surface area is 186 Å². The van der Waals surface area contributed by atoms with E-state index in [0.29, 0.717) is 11.4 Å².